The fourth-order valence-corrected chi connectivity index (χ4v) is 1.61. The van der Waals surface area contributed by atoms with E-state index in [1.807, 2.05) is 20.8 Å². The summed E-state index contributed by atoms with van der Waals surface area (Å²) < 4.78 is 0. The topological polar surface area (TPSA) is 101 Å². The lowest BCUT2D eigenvalue weighted by Gasteiger charge is -2.22. The molecule has 2 aromatic heterocycles. The van der Waals surface area contributed by atoms with Crippen LogP contribution in [0.2, 0.25) is 5.15 Å². The molecule has 112 valence electrons. The van der Waals surface area contributed by atoms with Crippen molar-refractivity contribution in [3.05, 3.63) is 29.8 Å². The fraction of sp³-hybridized carbons (Fsp3) is 0.308. The van der Waals surface area contributed by atoms with Gasteiger partial charge in [-0.05, 0) is 32.9 Å². The van der Waals surface area contributed by atoms with E-state index < -0.39 is 0 Å². The molecule has 0 bridgehead atoms. The first kappa shape index (κ1) is 15.3. The van der Waals surface area contributed by atoms with Gasteiger partial charge in [-0.2, -0.15) is 0 Å². The van der Waals surface area contributed by atoms with Gasteiger partial charge in [0.25, 0.3) is 0 Å². The molecule has 0 saturated carbocycles. The number of nitrogens with two attached hydrogens (primary N) is 1. The number of nitrogens with one attached hydrogen (secondary N) is 3. The lowest BCUT2D eigenvalue weighted by atomic mass is 10.1. The number of nitrogens with zero attached hydrogens (tertiary/aromatic N) is 3. The van der Waals surface area contributed by atoms with Crippen LogP contribution in [0, 0.1) is 0 Å². The van der Waals surface area contributed by atoms with Crippen molar-refractivity contribution in [2.24, 2.45) is 0 Å². The Bertz CT molecular complexity index is 624. The molecule has 0 aliphatic heterocycles. The fourth-order valence-electron chi connectivity index (χ4n) is 1.45. The molecule has 2 aromatic rings. The van der Waals surface area contributed by atoms with E-state index in [9.17, 15) is 0 Å². The largest absolute Gasteiger partial charge is 0.393 e. The molecule has 0 fully saturated rings. The molecule has 0 unspecified atom stereocenters. The second kappa shape index (κ2) is 6.11. The van der Waals surface area contributed by atoms with Crippen molar-refractivity contribution in [2.45, 2.75) is 26.3 Å². The van der Waals surface area contributed by atoms with Gasteiger partial charge in [0.1, 0.15) is 12.0 Å². The Morgan fingerprint density at radius 1 is 1.14 bits per heavy atom. The first-order chi connectivity index (χ1) is 9.87. The summed E-state index contributed by atoms with van der Waals surface area (Å²) in [6, 6.07) is 3.56. The summed E-state index contributed by atoms with van der Waals surface area (Å²) in [5.41, 5.74) is 13.0. The maximum absolute atomic E-state index is 6.06. The van der Waals surface area contributed by atoms with Crippen LogP contribution in [-0.2, 0) is 0 Å². The Labute approximate surface area is 128 Å². The van der Waals surface area contributed by atoms with E-state index in [1.54, 1.807) is 18.3 Å². The Kier molecular flexibility index (Phi) is 4.44. The molecule has 0 spiro atoms. The van der Waals surface area contributed by atoms with Crippen LogP contribution >= 0.6 is 11.6 Å². The van der Waals surface area contributed by atoms with Crippen LogP contribution in [0.15, 0.2) is 24.7 Å². The third-order valence-corrected chi connectivity index (χ3v) is 2.75. The van der Waals surface area contributed by atoms with E-state index in [4.69, 9.17) is 17.3 Å². The van der Waals surface area contributed by atoms with Crippen molar-refractivity contribution in [2.75, 3.05) is 16.5 Å². The Hall–Kier alpha value is -2.12. The van der Waals surface area contributed by atoms with Gasteiger partial charge in [-0.1, -0.05) is 11.6 Å². The van der Waals surface area contributed by atoms with E-state index >= 15 is 0 Å². The van der Waals surface area contributed by atoms with Gasteiger partial charge < -0.3 is 16.5 Å². The lowest BCUT2D eigenvalue weighted by molar-refractivity contribution is 0.464. The molecule has 2 rings (SSSR count). The predicted molar refractivity (Wildman–Crippen MR) is 85.5 cm³/mol. The second-order valence-electron chi connectivity index (χ2n) is 5.45. The third-order valence-electron chi connectivity index (χ3n) is 2.45. The van der Waals surface area contributed by atoms with Crippen LogP contribution in [0.4, 0.5) is 23.0 Å². The zero-order valence-electron chi connectivity index (χ0n) is 12.1. The quantitative estimate of drug-likeness (QED) is 0.508. The van der Waals surface area contributed by atoms with Crippen molar-refractivity contribution < 1.29 is 0 Å². The van der Waals surface area contributed by atoms with Gasteiger partial charge in [0.2, 0.25) is 0 Å². The van der Waals surface area contributed by atoms with Crippen molar-refractivity contribution in [3.63, 3.8) is 0 Å². The highest BCUT2D eigenvalue weighted by Gasteiger charge is 2.13. The lowest BCUT2D eigenvalue weighted by Crippen LogP contribution is -2.40. The highest BCUT2D eigenvalue weighted by molar-refractivity contribution is 6.32. The Balaban J connectivity index is 2.20. The molecular formula is C13H18ClN7. The maximum atomic E-state index is 6.06. The zero-order chi connectivity index (χ0) is 15.5. The summed E-state index contributed by atoms with van der Waals surface area (Å²) in [5.74, 6) is 0.945. The summed E-state index contributed by atoms with van der Waals surface area (Å²) in [6.07, 6.45) is 3.02. The average Bonchev–Trinajstić information content (AvgIpc) is 2.41. The zero-order valence-corrected chi connectivity index (χ0v) is 12.9. The van der Waals surface area contributed by atoms with Crippen LogP contribution in [0.25, 0.3) is 0 Å². The van der Waals surface area contributed by atoms with Crippen molar-refractivity contribution in [1.82, 2.24) is 20.4 Å². The molecule has 21 heavy (non-hydrogen) atoms. The molecule has 0 saturated heterocycles. The minimum Gasteiger partial charge on any atom is -0.393 e. The number of rotatable bonds is 4. The van der Waals surface area contributed by atoms with E-state index in [0.717, 1.165) is 0 Å². The molecule has 7 nitrogen and oxygen atoms in total. The molecule has 2 heterocycles. The minimum atomic E-state index is -0.127. The first-order valence-corrected chi connectivity index (χ1v) is 6.76. The molecule has 0 radical (unpaired) electrons. The summed E-state index contributed by atoms with van der Waals surface area (Å²) in [5, 5.41) is 3.38. The normalized spacial score (nSPS) is 11.2. The monoisotopic (exact) mass is 307 g/mol. The highest BCUT2D eigenvalue weighted by Crippen LogP contribution is 2.28. The number of hydrazine groups is 1. The van der Waals surface area contributed by atoms with E-state index in [-0.39, 0.29) is 5.54 Å². The van der Waals surface area contributed by atoms with Crippen LogP contribution < -0.4 is 21.9 Å². The van der Waals surface area contributed by atoms with E-state index in [0.29, 0.717) is 28.2 Å². The van der Waals surface area contributed by atoms with Crippen LogP contribution in [0.5, 0.6) is 0 Å². The van der Waals surface area contributed by atoms with E-state index in [1.165, 1.54) is 6.33 Å². The molecule has 0 atom stereocenters. The van der Waals surface area contributed by atoms with Gasteiger partial charge in [-0.3, -0.25) is 0 Å². The van der Waals surface area contributed by atoms with Gasteiger partial charge in [-0.25, -0.2) is 20.4 Å². The van der Waals surface area contributed by atoms with Gasteiger partial charge in [0.15, 0.2) is 16.8 Å². The van der Waals surface area contributed by atoms with Crippen LogP contribution in [0.3, 0.4) is 0 Å². The average molecular weight is 308 g/mol. The van der Waals surface area contributed by atoms with Gasteiger partial charge in [0.05, 0.1) is 5.69 Å². The standard InChI is InChI=1S/C13H18ClN7/c1-13(2,3)21-20-12-9(15)11(17-7-18-12)19-8-5-4-6-16-10(8)14/h4-7,21H,15H2,1-3H3,(H2,17,18,19,20). The number of pyridine rings is 1. The van der Waals surface area contributed by atoms with Crippen molar-refractivity contribution in [3.8, 4) is 0 Å². The number of hydrogen-bond acceptors (Lipinski definition) is 7. The minimum absolute atomic E-state index is 0.127. The third kappa shape index (κ3) is 4.17. The van der Waals surface area contributed by atoms with Gasteiger partial charge >= 0.3 is 0 Å². The van der Waals surface area contributed by atoms with E-state index in [2.05, 4.69) is 31.1 Å². The molecule has 5 N–H and O–H groups in total. The number of hydrogen-bond donors (Lipinski definition) is 4. The van der Waals surface area contributed by atoms with Crippen molar-refractivity contribution in [1.29, 1.82) is 0 Å². The Morgan fingerprint density at radius 3 is 2.52 bits per heavy atom. The molecule has 0 aliphatic rings. The first-order valence-electron chi connectivity index (χ1n) is 6.38. The van der Waals surface area contributed by atoms with Gasteiger partial charge in [0, 0.05) is 11.7 Å². The smallest absolute Gasteiger partial charge is 0.169 e. The number of nitrogen functional groups attached to an aromatic ring is 1. The summed E-state index contributed by atoms with van der Waals surface area (Å²) in [4.78, 5) is 12.2. The van der Waals surface area contributed by atoms with Gasteiger partial charge in [-0.15, -0.1) is 0 Å². The maximum Gasteiger partial charge on any atom is 0.169 e. The number of anilines is 4. The SMILES string of the molecule is CC(C)(C)NNc1ncnc(Nc2cccnc2Cl)c1N. The molecule has 0 aromatic carbocycles. The van der Waals surface area contributed by atoms with Crippen LogP contribution in [-0.4, -0.2) is 20.5 Å². The number of halogens is 1. The Morgan fingerprint density at radius 2 is 1.86 bits per heavy atom. The summed E-state index contributed by atoms with van der Waals surface area (Å²) >= 11 is 6.00. The predicted octanol–water partition coefficient (Wildman–Crippen LogP) is 2.57. The molecule has 8 heteroatoms. The molecular weight excluding hydrogens is 290 g/mol. The van der Waals surface area contributed by atoms with Crippen LogP contribution in [0.1, 0.15) is 20.8 Å². The number of aromatic nitrogens is 3. The van der Waals surface area contributed by atoms with Crippen molar-refractivity contribution >= 4 is 34.6 Å². The molecule has 0 amide bonds. The summed E-state index contributed by atoms with van der Waals surface area (Å²) in [6.45, 7) is 6.06. The molecule has 0 aliphatic carbocycles. The second-order valence-corrected chi connectivity index (χ2v) is 5.81. The highest BCUT2D eigenvalue weighted by atomic mass is 35.5. The summed E-state index contributed by atoms with van der Waals surface area (Å²) in [7, 11) is 0.